The molecule has 41 heavy (non-hydrogen) atoms. The molecule has 1 aromatic carbocycles. The van der Waals surface area contributed by atoms with Crippen molar-refractivity contribution in [2.24, 2.45) is 7.05 Å². The zero-order valence-corrected chi connectivity index (χ0v) is 23.4. The van der Waals surface area contributed by atoms with E-state index in [1.54, 1.807) is 48.9 Å². The highest BCUT2D eigenvalue weighted by Crippen LogP contribution is 2.40. The summed E-state index contributed by atoms with van der Waals surface area (Å²) < 4.78 is 34.9. The number of carbonyl (C=O) groups is 1. The average molecular weight is 580 g/mol. The average Bonchev–Trinajstić information content (AvgIpc) is 3.43. The number of aromatic nitrogens is 3. The van der Waals surface area contributed by atoms with Gasteiger partial charge in [-0.2, -0.15) is 0 Å². The Bertz CT molecular complexity index is 1710. The van der Waals surface area contributed by atoms with Crippen molar-refractivity contribution in [3.63, 3.8) is 0 Å². The zero-order chi connectivity index (χ0) is 28.8. The highest BCUT2D eigenvalue weighted by molar-refractivity contribution is 6.30. The maximum Gasteiger partial charge on any atom is 0.338 e. The molecular formula is C30H28ClF2N5O3. The molecule has 2 aliphatic rings. The van der Waals surface area contributed by atoms with Gasteiger partial charge >= 0.3 is 5.97 Å². The molecule has 1 saturated heterocycles. The number of carbonyl (C=O) groups excluding carboxylic acids is 1. The third kappa shape index (κ3) is 5.01. The predicted octanol–water partition coefficient (Wildman–Crippen LogP) is 5.75. The zero-order valence-electron chi connectivity index (χ0n) is 22.6. The van der Waals surface area contributed by atoms with Crippen LogP contribution in [0.3, 0.4) is 0 Å². The lowest BCUT2D eigenvalue weighted by Gasteiger charge is -2.32. The fourth-order valence-electron chi connectivity index (χ4n) is 5.62. The minimum absolute atomic E-state index is 0.135. The Hall–Kier alpha value is -4.05. The standard InChI is InChI=1S/C30H28ClF2N5O3/c1-17-13-20-23(36(2)29(17)39)15-25(37-12-10-19(16-37)41-30(40)18-7-4-3-5-8-18)35-28(20)38-11-6-9-22-24(38)14-21(27(32)33)26(31)34-22/h3-5,7-8,13-15,19,27H,6,9-12,16H2,1-2H3/t19-/m0/s1. The van der Waals surface area contributed by atoms with Gasteiger partial charge in [0.05, 0.1) is 34.6 Å². The lowest BCUT2D eigenvalue weighted by molar-refractivity contribution is 0.0348. The summed E-state index contributed by atoms with van der Waals surface area (Å²) in [5.74, 6) is 0.771. The van der Waals surface area contributed by atoms with Gasteiger partial charge in [-0.1, -0.05) is 29.8 Å². The Morgan fingerprint density at radius 1 is 1.12 bits per heavy atom. The van der Waals surface area contributed by atoms with Crippen molar-refractivity contribution in [1.82, 2.24) is 14.5 Å². The van der Waals surface area contributed by atoms with Gasteiger partial charge in [0.25, 0.3) is 12.0 Å². The van der Waals surface area contributed by atoms with Gasteiger partial charge in [0.15, 0.2) is 0 Å². The predicted molar refractivity (Wildman–Crippen MR) is 154 cm³/mol. The number of halogens is 3. The van der Waals surface area contributed by atoms with E-state index in [1.807, 2.05) is 21.9 Å². The molecule has 212 valence electrons. The molecule has 0 radical (unpaired) electrons. The molecule has 8 nitrogen and oxygen atoms in total. The van der Waals surface area contributed by atoms with Gasteiger partial charge in [0, 0.05) is 43.6 Å². The van der Waals surface area contributed by atoms with Crippen LogP contribution in [0.25, 0.3) is 10.9 Å². The number of aryl methyl sites for hydroxylation is 3. The summed E-state index contributed by atoms with van der Waals surface area (Å²) in [6, 6.07) is 13.9. The number of pyridine rings is 3. The highest BCUT2D eigenvalue weighted by atomic mass is 35.5. The van der Waals surface area contributed by atoms with E-state index < -0.39 is 6.43 Å². The molecule has 3 aromatic heterocycles. The van der Waals surface area contributed by atoms with Crippen LogP contribution in [0.15, 0.2) is 53.3 Å². The Morgan fingerprint density at radius 3 is 2.66 bits per heavy atom. The van der Waals surface area contributed by atoms with Gasteiger partial charge < -0.3 is 19.1 Å². The van der Waals surface area contributed by atoms with Crippen molar-refractivity contribution < 1.29 is 18.3 Å². The molecule has 0 saturated carbocycles. The summed E-state index contributed by atoms with van der Waals surface area (Å²) in [4.78, 5) is 38.8. The Balaban J connectivity index is 1.41. The molecular weight excluding hydrogens is 552 g/mol. The van der Waals surface area contributed by atoms with Crippen molar-refractivity contribution >= 4 is 45.8 Å². The van der Waals surface area contributed by atoms with E-state index in [-0.39, 0.29) is 28.3 Å². The first-order chi connectivity index (χ1) is 19.7. The van der Waals surface area contributed by atoms with Gasteiger partial charge in [-0.05, 0) is 44.0 Å². The van der Waals surface area contributed by atoms with Crippen LogP contribution in [0.5, 0.6) is 0 Å². The van der Waals surface area contributed by atoms with Crippen LogP contribution >= 0.6 is 11.6 Å². The van der Waals surface area contributed by atoms with E-state index in [2.05, 4.69) is 4.98 Å². The van der Waals surface area contributed by atoms with Crippen molar-refractivity contribution in [2.75, 3.05) is 29.4 Å². The molecule has 0 amide bonds. The number of benzene rings is 1. The van der Waals surface area contributed by atoms with Crippen LogP contribution in [0.2, 0.25) is 5.15 Å². The quantitative estimate of drug-likeness (QED) is 0.220. The van der Waals surface area contributed by atoms with Gasteiger partial charge in [-0.3, -0.25) is 4.79 Å². The molecule has 0 unspecified atom stereocenters. The SMILES string of the molecule is Cc1cc2c(N3CCCc4nc(Cl)c(C(F)F)cc43)nc(N3CC[C@H](OC(=O)c4ccccc4)C3)cc2n(C)c1=O. The molecule has 1 atom stereocenters. The lowest BCUT2D eigenvalue weighted by Crippen LogP contribution is -2.30. The van der Waals surface area contributed by atoms with Crippen molar-refractivity contribution in [3.05, 3.63) is 86.4 Å². The summed E-state index contributed by atoms with van der Waals surface area (Å²) >= 11 is 6.10. The van der Waals surface area contributed by atoms with Gasteiger partial charge in [0.1, 0.15) is 22.9 Å². The lowest BCUT2D eigenvalue weighted by atomic mass is 10.0. The third-order valence-corrected chi connectivity index (χ3v) is 8.06. The fourth-order valence-corrected chi connectivity index (χ4v) is 5.86. The second-order valence-electron chi connectivity index (χ2n) is 10.4. The Labute approximate surface area is 240 Å². The largest absolute Gasteiger partial charge is 0.457 e. The minimum Gasteiger partial charge on any atom is -0.457 e. The molecule has 0 spiro atoms. The van der Waals surface area contributed by atoms with Crippen molar-refractivity contribution in [3.8, 4) is 0 Å². The van der Waals surface area contributed by atoms with Crippen LogP contribution < -0.4 is 15.4 Å². The van der Waals surface area contributed by atoms with E-state index in [0.717, 1.165) is 11.8 Å². The van der Waals surface area contributed by atoms with E-state index in [1.165, 1.54) is 6.07 Å². The third-order valence-electron chi connectivity index (χ3n) is 7.76. The highest BCUT2D eigenvalue weighted by Gasteiger charge is 2.31. The summed E-state index contributed by atoms with van der Waals surface area (Å²) in [7, 11) is 1.71. The molecule has 2 aliphatic heterocycles. The first-order valence-electron chi connectivity index (χ1n) is 13.5. The number of hydrogen-bond acceptors (Lipinski definition) is 7. The van der Waals surface area contributed by atoms with E-state index >= 15 is 0 Å². The number of hydrogen-bond donors (Lipinski definition) is 0. The minimum atomic E-state index is -2.77. The Morgan fingerprint density at radius 2 is 1.90 bits per heavy atom. The number of ether oxygens (including phenoxy) is 1. The van der Waals surface area contributed by atoms with Gasteiger partial charge in [-0.25, -0.2) is 23.5 Å². The number of esters is 1. The summed E-state index contributed by atoms with van der Waals surface area (Å²) in [5.41, 5.74) is 2.39. The molecule has 0 bridgehead atoms. The number of fused-ring (bicyclic) bond motifs is 2. The summed E-state index contributed by atoms with van der Waals surface area (Å²) in [6.07, 6.45) is -1.16. The van der Waals surface area contributed by atoms with Crippen molar-refractivity contribution in [1.29, 1.82) is 0 Å². The number of alkyl halides is 2. The second kappa shape index (κ2) is 10.7. The monoisotopic (exact) mass is 579 g/mol. The maximum atomic E-state index is 13.8. The molecule has 1 fully saturated rings. The van der Waals surface area contributed by atoms with E-state index in [0.29, 0.717) is 72.1 Å². The van der Waals surface area contributed by atoms with Crippen LogP contribution in [0.1, 0.15) is 46.4 Å². The molecule has 0 aliphatic carbocycles. The number of anilines is 3. The molecule has 5 heterocycles. The van der Waals surface area contributed by atoms with Crippen LogP contribution in [0, 0.1) is 6.92 Å². The molecule has 0 N–H and O–H groups in total. The van der Waals surface area contributed by atoms with Crippen molar-refractivity contribution in [2.45, 2.75) is 38.7 Å². The Kier molecular flexibility index (Phi) is 7.11. The van der Waals surface area contributed by atoms with E-state index in [9.17, 15) is 18.4 Å². The van der Waals surface area contributed by atoms with Crippen LogP contribution in [0.4, 0.5) is 26.1 Å². The first kappa shape index (κ1) is 27.1. The molecule has 6 rings (SSSR count). The van der Waals surface area contributed by atoms with Crippen LogP contribution in [-0.2, 0) is 18.2 Å². The smallest absolute Gasteiger partial charge is 0.338 e. The summed E-state index contributed by atoms with van der Waals surface area (Å²) in [6.45, 7) is 3.29. The van der Waals surface area contributed by atoms with Gasteiger partial charge in [-0.15, -0.1) is 0 Å². The number of rotatable bonds is 5. The fraction of sp³-hybridized carbons (Fsp3) is 0.333. The topological polar surface area (TPSA) is 80.6 Å². The van der Waals surface area contributed by atoms with Gasteiger partial charge in [0.2, 0.25) is 0 Å². The first-order valence-corrected chi connectivity index (χ1v) is 13.9. The normalized spacial score (nSPS) is 16.9. The van der Waals surface area contributed by atoms with E-state index in [4.69, 9.17) is 21.3 Å². The van der Waals surface area contributed by atoms with Crippen LogP contribution in [-0.4, -0.2) is 46.2 Å². The maximum absolute atomic E-state index is 13.8. The molecule has 11 heteroatoms. The number of nitrogens with zero attached hydrogens (tertiary/aromatic N) is 5. The second-order valence-corrected chi connectivity index (χ2v) is 10.8. The summed E-state index contributed by atoms with van der Waals surface area (Å²) in [5, 5.41) is 0.527. The molecule has 4 aromatic rings.